The number of amides is 1. The average molecular weight is 324 g/mol. The van der Waals surface area contributed by atoms with Crippen molar-refractivity contribution in [1.29, 1.82) is 0 Å². The number of carbonyl (C=O) groups excluding carboxylic acids is 1. The molecule has 0 unspecified atom stereocenters. The second kappa shape index (κ2) is 5.40. The van der Waals surface area contributed by atoms with Crippen LogP contribution in [-0.4, -0.2) is 11.0 Å². The Kier molecular flexibility index (Phi) is 3.85. The fourth-order valence-corrected chi connectivity index (χ4v) is 1.96. The summed E-state index contributed by atoms with van der Waals surface area (Å²) in [5.41, 5.74) is 1.43. The van der Waals surface area contributed by atoms with Crippen LogP contribution >= 0.6 is 15.9 Å². The highest BCUT2D eigenvalue weighted by Gasteiger charge is 2.13. The Labute approximate surface area is 118 Å². The minimum atomic E-state index is -0.578. The Balaban J connectivity index is 2.30. The Morgan fingerprint density at radius 3 is 2.74 bits per heavy atom. The van der Waals surface area contributed by atoms with Crippen LogP contribution in [0.5, 0.6) is 5.75 Å². The molecular weight excluding hydrogens is 313 g/mol. The first kappa shape index (κ1) is 13.5. The van der Waals surface area contributed by atoms with Crippen molar-refractivity contribution >= 4 is 27.5 Å². The van der Waals surface area contributed by atoms with Gasteiger partial charge in [0.25, 0.3) is 5.91 Å². The van der Waals surface area contributed by atoms with E-state index in [-0.39, 0.29) is 11.3 Å². The van der Waals surface area contributed by atoms with Gasteiger partial charge in [0, 0.05) is 4.47 Å². The van der Waals surface area contributed by atoms with Crippen LogP contribution in [0.15, 0.2) is 40.9 Å². The number of aromatic hydroxyl groups is 1. The first-order valence-corrected chi connectivity index (χ1v) is 6.32. The summed E-state index contributed by atoms with van der Waals surface area (Å²) < 4.78 is 13.8. The van der Waals surface area contributed by atoms with E-state index in [1.54, 1.807) is 12.1 Å². The van der Waals surface area contributed by atoms with Crippen LogP contribution < -0.4 is 5.32 Å². The molecule has 0 fully saturated rings. The van der Waals surface area contributed by atoms with Crippen molar-refractivity contribution in [3.05, 3.63) is 57.8 Å². The van der Waals surface area contributed by atoms with Crippen LogP contribution in [0.1, 0.15) is 15.9 Å². The van der Waals surface area contributed by atoms with Crippen LogP contribution in [0.4, 0.5) is 10.1 Å². The lowest BCUT2D eigenvalue weighted by atomic mass is 10.1. The second-order valence-electron chi connectivity index (χ2n) is 4.10. The number of benzene rings is 2. The van der Waals surface area contributed by atoms with E-state index >= 15 is 0 Å². The predicted octanol–water partition coefficient (Wildman–Crippen LogP) is 3.85. The Hall–Kier alpha value is -1.88. The number of carbonyl (C=O) groups is 1. The maximum Gasteiger partial charge on any atom is 0.259 e. The Morgan fingerprint density at radius 1 is 1.26 bits per heavy atom. The Morgan fingerprint density at radius 2 is 2.00 bits per heavy atom. The van der Waals surface area contributed by atoms with Gasteiger partial charge in [0.1, 0.15) is 11.6 Å². The van der Waals surface area contributed by atoms with Crippen molar-refractivity contribution in [1.82, 2.24) is 0 Å². The summed E-state index contributed by atoms with van der Waals surface area (Å²) in [4.78, 5) is 12.0. The normalized spacial score (nSPS) is 10.3. The molecule has 0 aliphatic heterocycles. The summed E-state index contributed by atoms with van der Waals surface area (Å²) in [5, 5.41) is 12.2. The molecule has 0 bridgehead atoms. The summed E-state index contributed by atoms with van der Waals surface area (Å²) >= 11 is 3.31. The number of nitrogens with one attached hydrogen (secondary N) is 1. The van der Waals surface area contributed by atoms with Gasteiger partial charge in [-0.1, -0.05) is 6.07 Å². The summed E-state index contributed by atoms with van der Waals surface area (Å²) in [6.45, 7) is 1.89. The molecule has 2 rings (SSSR count). The summed E-state index contributed by atoms with van der Waals surface area (Å²) in [7, 11) is 0. The first-order valence-electron chi connectivity index (χ1n) is 5.53. The van der Waals surface area contributed by atoms with Crippen molar-refractivity contribution in [2.75, 3.05) is 5.32 Å². The van der Waals surface area contributed by atoms with E-state index in [4.69, 9.17) is 0 Å². The zero-order valence-electron chi connectivity index (χ0n) is 10.1. The lowest BCUT2D eigenvalue weighted by Gasteiger charge is -2.09. The highest BCUT2D eigenvalue weighted by molar-refractivity contribution is 9.10. The van der Waals surface area contributed by atoms with Crippen molar-refractivity contribution < 1.29 is 14.3 Å². The number of aryl methyl sites for hydroxylation is 1. The van der Waals surface area contributed by atoms with E-state index in [1.165, 1.54) is 0 Å². The molecule has 0 aliphatic carbocycles. The van der Waals surface area contributed by atoms with E-state index in [0.717, 1.165) is 23.8 Å². The number of hydrogen-bond donors (Lipinski definition) is 2. The van der Waals surface area contributed by atoms with Gasteiger partial charge in [-0.2, -0.15) is 0 Å². The zero-order chi connectivity index (χ0) is 14.0. The molecule has 3 nitrogen and oxygen atoms in total. The van der Waals surface area contributed by atoms with E-state index in [1.807, 2.05) is 13.0 Å². The molecule has 5 heteroatoms. The fraction of sp³-hybridized carbons (Fsp3) is 0.0714. The van der Waals surface area contributed by atoms with Gasteiger partial charge in [-0.3, -0.25) is 4.79 Å². The monoisotopic (exact) mass is 323 g/mol. The van der Waals surface area contributed by atoms with Gasteiger partial charge < -0.3 is 10.4 Å². The molecule has 19 heavy (non-hydrogen) atoms. The first-order chi connectivity index (χ1) is 8.97. The van der Waals surface area contributed by atoms with Gasteiger partial charge in [-0.25, -0.2) is 4.39 Å². The van der Waals surface area contributed by atoms with Gasteiger partial charge in [-0.05, 0) is 58.7 Å². The maximum atomic E-state index is 13.1. The molecule has 0 aromatic heterocycles. The molecule has 0 spiro atoms. The van der Waals surface area contributed by atoms with E-state index in [2.05, 4.69) is 21.2 Å². The van der Waals surface area contributed by atoms with Crippen LogP contribution in [-0.2, 0) is 0 Å². The number of rotatable bonds is 2. The summed E-state index contributed by atoms with van der Waals surface area (Å²) in [5.74, 6) is -1.41. The number of phenols is 1. The predicted molar refractivity (Wildman–Crippen MR) is 74.9 cm³/mol. The van der Waals surface area contributed by atoms with Crippen LogP contribution in [0, 0.1) is 12.7 Å². The molecule has 2 N–H and O–H groups in total. The lowest BCUT2D eigenvalue weighted by molar-refractivity contribution is 0.102. The number of phenolic OH excluding ortho intramolecular Hbond substituents is 1. The minimum absolute atomic E-state index is 0.103. The van der Waals surface area contributed by atoms with E-state index in [9.17, 15) is 14.3 Å². The largest absolute Gasteiger partial charge is 0.507 e. The highest BCUT2D eigenvalue weighted by Crippen LogP contribution is 2.25. The molecule has 2 aromatic rings. The fourth-order valence-electron chi connectivity index (χ4n) is 1.61. The SMILES string of the molecule is Cc1ccc(Br)c(NC(=O)c2cc(F)ccc2O)c1. The van der Waals surface area contributed by atoms with Crippen LogP contribution in [0.3, 0.4) is 0 Å². The third-order valence-corrected chi connectivity index (χ3v) is 3.26. The molecule has 0 saturated heterocycles. The van der Waals surface area contributed by atoms with Gasteiger partial charge in [0.2, 0.25) is 0 Å². The minimum Gasteiger partial charge on any atom is -0.507 e. The highest BCUT2D eigenvalue weighted by atomic mass is 79.9. The van der Waals surface area contributed by atoms with Crippen LogP contribution in [0.2, 0.25) is 0 Å². The molecule has 0 radical (unpaired) electrons. The van der Waals surface area contributed by atoms with Gasteiger partial charge in [0.15, 0.2) is 0 Å². The number of halogens is 2. The summed E-state index contributed by atoms with van der Waals surface area (Å²) in [6, 6.07) is 8.70. The topological polar surface area (TPSA) is 49.3 Å². The molecule has 98 valence electrons. The van der Waals surface area contributed by atoms with Crippen molar-refractivity contribution in [3.63, 3.8) is 0 Å². The van der Waals surface area contributed by atoms with Crippen molar-refractivity contribution in [3.8, 4) is 5.75 Å². The summed E-state index contributed by atoms with van der Waals surface area (Å²) in [6.07, 6.45) is 0. The average Bonchev–Trinajstić information content (AvgIpc) is 2.36. The third kappa shape index (κ3) is 3.12. The zero-order valence-corrected chi connectivity index (χ0v) is 11.7. The van der Waals surface area contributed by atoms with E-state index in [0.29, 0.717) is 10.2 Å². The van der Waals surface area contributed by atoms with E-state index < -0.39 is 11.7 Å². The molecule has 0 aliphatic rings. The van der Waals surface area contributed by atoms with Gasteiger partial charge in [-0.15, -0.1) is 0 Å². The molecule has 1 amide bonds. The number of anilines is 1. The molecule has 0 heterocycles. The van der Waals surface area contributed by atoms with Crippen LogP contribution in [0.25, 0.3) is 0 Å². The third-order valence-electron chi connectivity index (χ3n) is 2.57. The lowest BCUT2D eigenvalue weighted by Crippen LogP contribution is -2.13. The second-order valence-corrected chi connectivity index (χ2v) is 4.95. The van der Waals surface area contributed by atoms with Gasteiger partial charge in [0.05, 0.1) is 11.3 Å². The molecule has 0 saturated carbocycles. The molecule has 2 aromatic carbocycles. The smallest absolute Gasteiger partial charge is 0.259 e. The maximum absolute atomic E-state index is 13.1. The Bertz CT molecular complexity index is 643. The van der Waals surface area contributed by atoms with Crippen molar-refractivity contribution in [2.24, 2.45) is 0 Å². The quantitative estimate of drug-likeness (QED) is 0.881. The van der Waals surface area contributed by atoms with Gasteiger partial charge >= 0.3 is 0 Å². The standard InChI is InChI=1S/C14H11BrFNO2/c1-8-2-4-11(15)12(6-8)17-14(19)10-7-9(16)3-5-13(10)18/h2-7,18H,1H3,(H,17,19). The molecular formula is C14H11BrFNO2. The molecule has 0 atom stereocenters. The van der Waals surface area contributed by atoms with Crippen molar-refractivity contribution in [2.45, 2.75) is 6.92 Å². The number of hydrogen-bond acceptors (Lipinski definition) is 2.